The summed E-state index contributed by atoms with van der Waals surface area (Å²) in [5.41, 5.74) is 1.08. The van der Waals surface area contributed by atoms with Crippen molar-refractivity contribution < 1.29 is 14.2 Å². The van der Waals surface area contributed by atoms with Gasteiger partial charge in [0.1, 0.15) is 5.75 Å². The van der Waals surface area contributed by atoms with Crippen LogP contribution in [0.25, 0.3) is 0 Å². The number of para-hydroxylation sites is 1. The van der Waals surface area contributed by atoms with Gasteiger partial charge in [0.05, 0.1) is 14.2 Å². The molecule has 100 valence electrons. The highest BCUT2D eigenvalue weighted by atomic mass is 16.5. The molecule has 0 fully saturated rings. The Morgan fingerprint density at radius 2 is 1.58 bits per heavy atom. The van der Waals surface area contributed by atoms with Crippen LogP contribution in [0.1, 0.15) is 12.5 Å². The third-order valence-electron chi connectivity index (χ3n) is 2.93. The zero-order valence-electron chi connectivity index (χ0n) is 11.5. The monoisotopic (exact) mass is 258 g/mol. The van der Waals surface area contributed by atoms with E-state index in [0.29, 0.717) is 11.5 Å². The second kappa shape index (κ2) is 6.14. The lowest BCUT2D eigenvalue weighted by Gasteiger charge is -2.16. The molecule has 0 bridgehead atoms. The molecule has 2 aromatic rings. The van der Waals surface area contributed by atoms with Gasteiger partial charge in [-0.25, -0.2) is 0 Å². The Balaban J connectivity index is 2.46. The fourth-order valence-corrected chi connectivity index (χ4v) is 1.94. The highest BCUT2D eigenvalue weighted by Crippen LogP contribution is 2.42. The van der Waals surface area contributed by atoms with Crippen LogP contribution in [0.2, 0.25) is 0 Å². The molecular formula is C16H18O3. The van der Waals surface area contributed by atoms with Gasteiger partial charge in [0.2, 0.25) is 5.75 Å². The number of ether oxygens (including phenoxy) is 3. The first-order valence-electron chi connectivity index (χ1n) is 6.27. The average molecular weight is 258 g/mol. The van der Waals surface area contributed by atoms with E-state index in [1.54, 1.807) is 14.2 Å². The lowest BCUT2D eigenvalue weighted by Crippen LogP contribution is -1.98. The number of hydrogen-bond donors (Lipinski definition) is 0. The Bertz CT molecular complexity index is 535. The highest BCUT2D eigenvalue weighted by Gasteiger charge is 2.16. The summed E-state index contributed by atoms with van der Waals surface area (Å²) in [7, 11) is 3.24. The number of hydrogen-bond acceptors (Lipinski definition) is 3. The van der Waals surface area contributed by atoms with Crippen molar-refractivity contribution in [3.05, 3.63) is 48.0 Å². The molecule has 0 heterocycles. The molecule has 0 aromatic heterocycles. The van der Waals surface area contributed by atoms with E-state index in [-0.39, 0.29) is 0 Å². The molecule has 0 saturated carbocycles. The largest absolute Gasteiger partial charge is 0.493 e. The highest BCUT2D eigenvalue weighted by molar-refractivity contribution is 5.57. The molecule has 0 aliphatic carbocycles. The van der Waals surface area contributed by atoms with Gasteiger partial charge in [-0.1, -0.05) is 31.2 Å². The molecule has 0 saturated heterocycles. The summed E-state index contributed by atoms with van der Waals surface area (Å²) in [5, 5.41) is 0. The van der Waals surface area contributed by atoms with Crippen molar-refractivity contribution in [3.63, 3.8) is 0 Å². The summed E-state index contributed by atoms with van der Waals surface area (Å²) in [4.78, 5) is 0. The van der Waals surface area contributed by atoms with Gasteiger partial charge in [0.15, 0.2) is 11.5 Å². The minimum Gasteiger partial charge on any atom is -0.493 e. The van der Waals surface area contributed by atoms with Crippen LogP contribution in [0.5, 0.6) is 23.0 Å². The van der Waals surface area contributed by atoms with Crippen LogP contribution < -0.4 is 14.2 Å². The Morgan fingerprint density at radius 1 is 0.842 bits per heavy atom. The van der Waals surface area contributed by atoms with Gasteiger partial charge in [-0.15, -0.1) is 0 Å². The second-order valence-corrected chi connectivity index (χ2v) is 4.06. The van der Waals surface area contributed by atoms with Crippen molar-refractivity contribution in [2.24, 2.45) is 0 Å². The standard InChI is InChI=1S/C16H18O3/c1-4-12-10-11-14(17-2)16(18-3)15(12)19-13-8-6-5-7-9-13/h5-11H,4H2,1-3H3. The van der Waals surface area contributed by atoms with E-state index in [4.69, 9.17) is 14.2 Å². The topological polar surface area (TPSA) is 27.7 Å². The van der Waals surface area contributed by atoms with E-state index in [0.717, 1.165) is 23.5 Å². The minimum atomic E-state index is 0.630. The molecule has 0 aliphatic rings. The first-order chi connectivity index (χ1) is 9.30. The third kappa shape index (κ3) is 2.81. The lowest BCUT2D eigenvalue weighted by molar-refractivity contribution is 0.335. The smallest absolute Gasteiger partial charge is 0.204 e. The molecule has 3 nitrogen and oxygen atoms in total. The summed E-state index contributed by atoms with van der Waals surface area (Å²) < 4.78 is 16.7. The van der Waals surface area contributed by atoms with E-state index in [1.165, 1.54) is 0 Å². The predicted molar refractivity (Wildman–Crippen MR) is 75.4 cm³/mol. The Morgan fingerprint density at radius 3 is 2.16 bits per heavy atom. The molecule has 0 aliphatic heterocycles. The lowest BCUT2D eigenvalue weighted by atomic mass is 10.1. The molecule has 0 amide bonds. The molecule has 0 N–H and O–H groups in total. The summed E-state index contributed by atoms with van der Waals surface area (Å²) in [6.45, 7) is 2.08. The molecule has 2 rings (SSSR count). The molecular weight excluding hydrogens is 240 g/mol. The molecule has 0 radical (unpaired) electrons. The van der Waals surface area contributed by atoms with Crippen molar-refractivity contribution in [3.8, 4) is 23.0 Å². The van der Waals surface area contributed by atoms with Crippen LogP contribution in [0.15, 0.2) is 42.5 Å². The van der Waals surface area contributed by atoms with Gasteiger partial charge in [-0.3, -0.25) is 0 Å². The minimum absolute atomic E-state index is 0.630. The number of rotatable bonds is 5. The quantitative estimate of drug-likeness (QED) is 0.809. The van der Waals surface area contributed by atoms with Gasteiger partial charge in [-0.2, -0.15) is 0 Å². The fraction of sp³-hybridized carbons (Fsp3) is 0.250. The van der Waals surface area contributed by atoms with E-state index in [1.807, 2.05) is 42.5 Å². The SMILES string of the molecule is CCc1ccc(OC)c(OC)c1Oc1ccccc1. The summed E-state index contributed by atoms with van der Waals surface area (Å²) in [6.07, 6.45) is 0.864. The molecule has 2 aromatic carbocycles. The Labute approximate surface area is 113 Å². The number of aryl methyl sites for hydroxylation is 1. The van der Waals surface area contributed by atoms with Crippen molar-refractivity contribution in [2.75, 3.05) is 14.2 Å². The van der Waals surface area contributed by atoms with Crippen molar-refractivity contribution in [1.29, 1.82) is 0 Å². The zero-order valence-corrected chi connectivity index (χ0v) is 11.5. The fourth-order valence-electron chi connectivity index (χ4n) is 1.94. The van der Waals surface area contributed by atoms with Crippen molar-refractivity contribution in [1.82, 2.24) is 0 Å². The molecule has 0 atom stereocenters. The Hall–Kier alpha value is -2.16. The summed E-state index contributed by atoms with van der Waals surface area (Å²) >= 11 is 0. The van der Waals surface area contributed by atoms with E-state index < -0.39 is 0 Å². The summed E-state index contributed by atoms with van der Waals surface area (Å²) in [5.74, 6) is 2.80. The van der Waals surface area contributed by atoms with Gasteiger partial charge >= 0.3 is 0 Å². The van der Waals surface area contributed by atoms with E-state index >= 15 is 0 Å². The average Bonchev–Trinajstić information content (AvgIpc) is 2.47. The Kier molecular flexibility index (Phi) is 4.29. The number of benzene rings is 2. The maximum atomic E-state index is 5.96. The maximum absolute atomic E-state index is 5.96. The van der Waals surface area contributed by atoms with Gasteiger partial charge in [0.25, 0.3) is 0 Å². The van der Waals surface area contributed by atoms with Crippen LogP contribution >= 0.6 is 0 Å². The normalized spacial score (nSPS) is 10.1. The molecule has 19 heavy (non-hydrogen) atoms. The van der Waals surface area contributed by atoms with Crippen LogP contribution in [0.3, 0.4) is 0 Å². The van der Waals surface area contributed by atoms with Crippen LogP contribution in [-0.4, -0.2) is 14.2 Å². The van der Waals surface area contributed by atoms with Crippen molar-refractivity contribution in [2.45, 2.75) is 13.3 Å². The van der Waals surface area contributed by atoms with Gasteiger partial charge in [0, 0.05) is 0 Å². The first kappa shape index (κ1) is 13.3. The van der Waals surface area contributed by atoms with Gasteiger partial charge < -0.3 is 14.2 Å². The van der Waals surface area contributed by atoms with E-state index in [9.17, 15) is 0 Å². The second-order valence-electron chi connectivity index (χ2n) is 4.06. The van der Waals surface area contributed by atoms with Crippen LogP contribution in [-0.2, 0) is 6.42 Å². The van der Waals surface area contributed by atoms with Crippen molar-refractivity contribution >= 4 is 0 Å². The van der Waals surface area contributed by atoms with Crippen LogP contribution in [0, 0.1) is 0 Å². The first-order valence-corrected chi connectivity index (χ1v) is 6.27. The van der Waals surface area contributed by atoms with E-state index in [2.05, 4.69) is 6.92 Å². The van der Waals surface area contributed by atoms with Gasteiger partial charge in [-0.05, 0) is 30.2 Å². The summed E-state index contributed by atoms with van der Waals surface area (Å²) in [6, 6.07) is 13.6. The third-order valence-corrected chi connectivity index (χ3v) is 2.93. The zero-order chi connectivity index (χ0) is 13.7. The molecule has 0 unspecified atom stereocenters. The molecule has 3 heteroatoms. The number of methoxy groups -OCH3 is 2. The van der Waals surface area contributed by atoms with Crippen LogP contribution in [0.4, 0.5) is 0 Å². The predicted octanol–water partition coefficient (Wildman–Crippen LogP) is 4.06. The molecule has 0 spiro atoms. The maximum Gasteiger partial charge on any atom is 0.204 e.